The highest BCUT2D eigenvalue weighted by molar-refractivity contribution is 7.11. The van der Waals surface area contributed by atoms with Crippen molar-refractivity contribution in [1.29, 1.82) is 0 Å². The van der Waals surface area contributed by atoms with Gasteiger partial charge in [0.15, 0.2) is 0 Å². The first-order valence-corrected chi connectivity index (χ1v) is 9.45. The minimum absolute atomic E-state index is 0.0142. The Hall–Kier alpha value is -2.16. The maximum absolute atomic E-state index is 12.3. The summed E-state index contributed by atoms with van der Waals surface area (Å²) in [6.45, 7) is 5.20. The van der Waals surface area contributed by atoms with Crippen molar-refractivity contribution in [2.24, 2.45) is 0 Å². The van der Waals surface area contributed by atoms with Crippen LogP contribution in [0.25, 0.3) is 0 Å². The van der Waals surface area contributed by atoms with E-state index in [9.17, 15) is 18.0 Å². The van der Waals surface area contributed by atoms with E-state index in [4.69, 9.17) is 0 Å². The predicted molar refractivity (Wildman–Crippen MR) is 94.9 cm³/mol. The van der Waals surface area contributed by atoms with Gasteiger partial charge < -0.3 is 9.64 Å². The van der Waals surface area contributed by atoms with Gasteiger partial charge in [0.25, 0.3) is 0 Å². The first-order chi connectivity index (χ1) is 12.7. The molecule has 0 aliphatic carbocycles. The molecule has 0 saturated carbocycles. The fraction of sp³-hybridized carbons (Fsp3) is 0.500. The molecule has 1 amide bonds. The molecule has 1 aliphatic rings. The molecule has 0 radical (unpaired) electrons. The molecule has 146 valence electrons. The maximum Gasteiger partial charge on any atom is 0.573 e. The number of benzene rings is 1. The number of hydrogen-bond acceptors (Lipinski definition) is 5. The van der Waals surface area contributed by atoms with Crippen molar-refractivity contribution in [1.82, 2.24) is 15.1 Å². The summed E-state index contributed by atoms with van der Waals surface area (Å²) in [6.07, 6.45) is -3.14. The Morgan fingerprint density at radius 2 is 1.85 bits per heavy atom. The predicted octanol–water partition coefficient (Wildman–Crippen LogP) is 4.29. The zero-order valence-electron chi connectivity index (χ0n) is 14.9. The van der Waals surface area contributed by atoms with E-state index in [2.05, 4.69) is 28.8 Å². The van der Waals surface area contributed by atoms with Crippen molar-refractivity contribution >= 4 is 17.7 Å². The van der Waals surface area contributed by atoms with Gasteiger partial charge in [0.1, 0.15) is 15.8 Å². The summed E-state index contributed by atoms with van der Waals surface area (Å²) in [4.78, 5) is 13.1. The summed E-state index contributed by atoms with van der Waals surface area (Å²) in [6, 6.07) is 5.85. The molecular weight excluding hydrogens is 379 g/mol. The lowest BCUT2D eigenvalue weighted by Gasteiger charge is -2.35. The number of carbonyl (C=O) groups is 1. The van der Waals surface area contributed by atoms with Gasteiger partial charge in [-0.1, -0.05) is 26.0 Å². The SMILES string of the molecule is CC(C)c1nnc(C2CC(c3ccc(OC(F)(F)F)cc3)CN(C=O)C2)s1. The van der Waals surface area contributed by atoms with Crippen LogP contribution in [0.15, 0.2) is 24.3 Å². The number of amides is 1. The molecule has 5 nitrogen and oxygen atoms in total. The summed E-state index contributed by atoms with van der Waals surface area (Å²) < 4.78 is 40.9. The summed E-state index contributed by atoms with van der Waals surface area (Å²) in [5, 5.41) is 10.4. The molecule has 1 aromatic carbocycles. The van der Waals surface area contributed by atoms with Gasteiger partial charge in [-0.15, -0.1) is 34.7 Å². The number of halogens is 3. The van der Waals surface area contributed by atoms with Gasteiger partial charge in [0.2, 0.25) is 6.41 Å². The standard InChI is InChI=1S/C18H20F3N3O2S/c1-11(2)16-22-23-17(27-16)14-7-13(8-24(9-14)10-25)12-3-5-15(6-4-12)26-18(19,20)21/h3-6,10-11,13-14H,7-9H2,1-2H3. The number of carbonyl (C=O) groups excluding carboxylic acids is 1. The van der Waals surface area contributed by atoms with Crippen molar-refractivity contribution in [3.63, 3.8) is 0 Å². The molecular formula is C18H20F3N3O2S. The second-order valence-corrected chi connectivity index (χ2v) is 7.98. The largest absolute Gasteiger partial charge is 0.573 e. The monoisotopic (exact) mass is 399 g/mol. The smallest absolute Gasteiger partial charge is 0.406 e. The molecule has 2 heterocycles. The number of piperidine rings is 1. The van der Waals surface area contributed by atoms with E-state index in [0.717, 1.165) is 28.4 Å². The van der Waals surface area contributed by atoms with E-state index in [1.807, 2.05) is 0 Å². The van der Waals surface area contributed by atoms with E-state index in [-0.39, 0.29) is 17.6 Å². The maximum atomic E-state index is 12.3. The van der Waals surface area contributed by atoms with Gasteiger partial charge >= 0.3 is 6.36 Å². The number of likely N-dealkylation sites (tertiary alicyclic amines) is 1. The molecule has 0 N–H and O–H groups in total. The van der Waals surface area contributed by atoms with Gasteiger partial charge in [0.05, 0.1) is 0 Å². The normalized spacial score (nSPS) is 20.7. The van der Waals surface area contributed by atoms with Crippen LogP contribution >= 0.6 is 11.3 Å². The fourth-order valence-corrected chi connectivity index (χ4v) is 4.18. The van der Waals surface area contributed by atoms with Gasteiger partial charge in [-0.3, -0.25) is 4.79 Å². The van der Waals surface area contributed by atoms with Crippen molar-refractivity contribution in [2.75, 3.05) is 13.1 Å². The minimum atomic E-state index is -4.71. The van der Waals surface area contributed by atoms with Crippen LogP contribution < -0.4 is 4.74 Å². The van der Waals surface area contributed by atoms with Gasteiger partial charge in [-0.25, -0.2) is 0 Å². The fourth-order valence-electron chi connectivity index (χ4n) is 3.23. The quantitative estimate of drug-likeness (QED) is 0.704. The van der Waals surface area contributed by atoms with E-state index >= 15 is 0 Å². The summed E-state index contributed by atoms with van der Waals surface area (Å²) in [7, 11) is 0. The van der Waals surface area contributed by atoms with Crippen molar-refractivity contribution in [3.05, 3.63) is 39.8 Å². The summed E-state index contributed by atoms with van der Waals surface area (Å²) >= 11 is 1.56. The molecule has 2 atom stereocenters. The van der Waals surface area contributed by atoms with Crippen molar-refractivity contribution < 1.29 is 22.7 Å². The lowest BCUT2D eigenvalue weighted by atomic mass is 9.85. The lowest BCUT2D eigenvalue weighted by Crippen LogP contribution is -2.37. The highest BCUT2D eigenvalue weighted by atomic mass is 32.1. The zero-order chi connectivity index (χ0) is 19.6. The Kier molecular flexibility index (Phi) is 5.69. The Labute approximate surface area is 159 Å². The van der Waals surface area contributed by atoms with Crippen LogP contribution in [0.2, 0.25) is 0 Å². The van der Waals surface area contributed by atoms with Gasteiger partial charge in [-0.05, 0) is 24.1 Å². The highest BCUT2D eigenvalue weighted by Gasteiger charge is 2.32. The molecule has 2 unspecified atom stereocenters. The third-order valence-electron chi connectivity index (χ3n) is 4.51. The third-order valence-corrected chi connectivity index (χ3v) is 5.90. The van der Waals surface area contributed by atoms with Crippen molar-refractivity contribution in [2.45, 2.75) is 44.4 Å². The van der Waals surface area contributed by atoms with E-state index in [1.165, 1.54) is 12.1 Å². The van der Waals surface area contributed by atoms with Crippen LogP contribution in [0.4, 0.5) is 13.2 Å². The Morgan fingerprint density at radius 3 is 2.41 bits per heavy atom. The number of nitrogens with zero attached hydrogens (tertiary/aromatic N) is 3. The molecule has 3 rings (SSSR count). The van der Waals surface area contributed by atoms with Crippen LogP contribution in [0, 0.1) is 0 Å². The molecule has 0 bridgehead atoms. The van der Waals surface area contributed by atoms with Gasteiger partial charge in [0, 0.05) is 30.8 Å². The Balaban J connectivity index is 1.77. The first kappa shape index (κ1) is 19.6. The van der Waals surface area contributed by atoms with Crippen LogP contribution in [-0.4, -0.2) is 41.0 Å². The van der Waals surface area contributed by atoms with Crippen molar-refractivity contribution in [3.8, 4) is 5.75 Å². The summed E-state index contributed by atoms with van der Waals surface area (Å²) in [5.74, 6) is 0.112. The first-order valence-electron chi connectivity index (χ1n) is 8.63. The van der Waals surface area contributed by atoms with E-state index in [0.29, 0.717) is 19.0 Å². The number of aromatic nitrogens is 2. The second kappa shape index (κ2) is 7.84. The molecule has 2 aromatic rings. The summed E-state index contributed by atoms with van der Waals surface area (Å²) in [5.41, 5.74) is 0.870. The minimum Gasteiger partial charge on any atom is -0.406 e. The van der Waals surface area contributed by atoms with Crippen LogP contribution in [0.3, 0.4) is 0 Å². The number of alkyl halides is 3. The van der Waals surface area contributed by atoms with Crippen LogP contribution in [0.5, 0.6) is 5.75 Å². The highest BCUT2D eigenvalue weighted by Crippen LogP contribution is 2.37. The average molecular weight is 399 g/mol. The Bertz CT molecular complexity index is 777. The third kappa shape index (κ3) is 4.97. The number of rotatable bonds is 5. The average Bonchev–Trinajstić information content (AvgIpc) is 3.11. The molecule has 1 fully saturated rings. The molecule has 1 aromatic heterocycles. The molecule has 1 aliphatic heterocycles. The van der Waals surface area contributed by atoms with E-state index < -0.39 is 6.36 Å². The topological polar surface area (TPSA) is 55.3 Å². The number of hydrogen-bond donors (Lipinski definition) is 0. The molecule has 9 heteroatoms. The molecule has 0 spiro atoms. The second-order valence-electron chi connectivity index (χ2n) is 6.94. The van der Waals surface area contributed by atoms with Crippen LogP contribution in [0.1, 0.15) is 53.6 Å². The zero-order valence-corrected chi connectivity index (χ0v) is 15.8. The molecule has 27 heavy (non-hydrogen) atoms. The lowest BCUT2D eigenvalue weighted by molar-refractivity contribution is -0.274. The van der Waals surface area contributed by atoms with E-state index in [1.54, 1.807) is 28.4 Å². The van der Waals surface area contributed by atoms with Gasteiger partial charge in [-0.2, -0.15) is 0 Å². The van der Waals surface area contributed by atoms with Crippen LogP contribution in [-0.2, 0) is 4.79 Å². The number of ether oxygens (including phenoxy) is 1. The molecule has 1 saturated heterocycles. The Morgan fingerprint density at radius 1 is 1.19 bits per heavy atom.